The van der Waals surface area contributed by atoms with Crippen LogP contribution < -0.4 is 5.32 Å². The molecule has 0 aromatic heterocycles. The first-order valence-corrected chi connectivity index (χ1v) is 10.3. The number of benzene rings is 2. The fourth-order valence-electron chi connectivity index (χ4n) is 3.50. The average molecular weight is 398 g/mol. The number of hydrazone groups is 1. The van der Waals surface area contributed by atoms with Crippen LogP contribution in [0.25, 0.3) is 0 Å². The van der Waals surface area contributed by atoms with E-state index in [4.69, 9.17) is 11.6 Å². The van der Waals surface area contributed by atoms with Crippen LogP contribution in [-0.2, 0) is 10.3 Å². The Labute approximate surface area is 172 Å². The molecule has 0 fully saturated rings. The second-order valence-electron chi connectivity index (χ2n) is 7.78. The normalized spacial score (nSPS) is 16.8. The van der Waals surface area contributed by atoms with E-state index in [9.17, 15) is 4.79 Å². The number of unbranched alkanes of at least 4 members (excludes halogenated alkanes) is 1. The van der Waals surface area contributed by atoms with Crippen molar-refractivity contribution in [1.82, 2.24) is 10.3 Å². The van der Waals surface area contributed by atoms with Crippen LogP contribution in [0.2, 0.25) is 5.02 Å². The molecule has 0 bridgehead atoms. The van der Waals surface area contributed by atoms with Crippen LogP contribution in [-0.4, -0.2) is 23.2 Å². The molecule has 0 saturated heterocycles. The minimum atomic E-state index is -0.469. The van der Waals surface area contributed by atoms with E-state index in [0.717, 1.165) is 30.5 Å². The van der Waals surface area contributed by atoms with Crippen LogP contribution >= 0.6 is 11.6 Å². The van der Waals surface area contributed by atoms with Crippen molar-refractivity contribution in [3.63, 3.8) is 0 Å². The molecule has 0 aliphatic carbocycles. The summed E-state index contributed by atoms with van der Waals surface area (Å²) >= 11 is 6.19. The van der Waals surface area contributed by atoms with Crippen molar-refractivity contribution in [3.8, 4) is 0 Å². The molecule has 1 atom stereocenters. The van der Waals surface area contributed by atoms with Crippen molar-refractivity contribution in [1.29, 1.82) is 0 Å². The second-order valence-corrected chi connectivity index (χ2v) is 8.22. The fraction of sp³-hybridized carbons (Fsp3) is 0.391. The number of hydrogen-bond donors (Lipinski definition) is 1. The number of rotatable bonds is 7. The van der Waals surface area contributed by atoms with Gasteiger partial charge in [-0.05, 0) is 43.5 Å². The quantitative estimate of drug-likeness (QED) is 0.689. The summed E-state index contributed by atoms with van der Waals surface area (Å²) < 4.78 is 0. The van der Waals surface area contributed by atoms with Gasteiger partial charge < -0.3 is 5.32 Å². The summed E-state index contributed by atoms with van der Waals surface area (Å²) in [5.74, 6) is -0.111. The summed E-state index contributed by atoms with van der Waals surface area (Å²) in [6, 6.07) is 17.9. The van der Waals surface area contributed by atoms with Crippen LogP contribution in [0.15, 0.2) is 59.7 Å². The van der Waals surface area contributed by atoms with Gasteiger partial charge >= 0.3 is 0 Å². The molecule has 3 rings (SSSR count). The number of carbonyl (C=O) groups excluding carboxylic acids is 1. The van der Waals surface area contributed by atoms with Crippen LogP contribution in [0.1, 0.15) is 57.2 Å². The lowest BCUT2D eigenvalue weighted by atomic mass is 9.93. The van der Waals surface area contributed by atoms with Crippen LogP contribution in [0.5, 0.6) is 0 Å². The molecule has 1 unspecified atom stereocenters. The maximum absolute atomic E-state index is 13.0. The third-order valence-corrected chi connectivity index (χ3v) is 5.39. The van der Waals surface area contributed by atoms with Crippen LogP contribution in [0.4, 0.5) is 0 Å². The van der Waals surface area contributed by atoms with Gasteiger partial charge in [-0.25, -0.2) is 0 Å². The molecule has 4 nitrogen and oxygen atoms in total. The van der Waals surface area contributed by atoms with E-state index in [2.05, 4.69) is 23.4 Å². The highest BCUT2D eigenvalue weighted by Gasteiger charge is 2.33. The summed E-state index contributed by atoms with van der Waals surface area (Å²) in [5.41, 5.74) is 2.27. The molecular formula is C23H28ClN3O. The number of amides is 1. The first-order valence-electron chi connectivity index (χ1n) is 9.88. The van der Waals surface area contributed by atoms with E-state index in [0.29, 0.717) is 17.2 Å². The predicted octanol–water partition coefficient (Wildman–Crippen LogP) is 5.29. The molecule has 2 aromatic carbocycles. The molecule has 5 heteroatoms. The lowest BCUT2D eigenvalue weighted by Crippen LogP contribution is -2.44. The maximum Gasteiger partial charge on any atom is 0.268 e. The Balaban J connectivity index is 1.78. The molecule has 0 spiro atoms. The molecule has 0 radical (unpaired) electrons. The zero-order valence-electron chi connectivity index (χ0n) is 16.8. The highest BCUT2D eigenvalue weighted by atomic mass is 35.5. The van der Waals surface area contributed by atoms with Gasteiger partial charge in [0.15, 0.2) is 0 Å². The summed E-state index contributed by atoms with van der Waals surface area (Å²) in [4.78, 5) is 13.0. The summed E-state index contributed by atoms with van der Waals surface area (Å²) in [7, 11) is 0. The fourth-order valence-corrected chi connectivity index (χ4v) is 3.70. The van der Waals surface area contributed by atoms with Gasteiger partial charge in [-0.2, -0.15) is 5.10 Å². The van der Waals surface area contributed by atoms with Gasteiger partial charge in [0.1, 0.15) is 5.71 Å². The zero-order valence-corrected chi connectivity index (χ0v) is 17.5. The first kappa shape index (κ1) is 20.4. The number of hydrogen-bond acceptors (Lipinski definition) is 3. The average Bonchev–Trinajstić information content (AvgIpc) is 3.11. The second kappa shape index (κ2) is 8.78. The number of nitrogens with zero attached hydrogens (tertiary/aromatic N) is 2. The first-order chi connectivity index (χ1) is 13.4. The number of carbonyl (C=O) groups is 1. The smallest absolute Gasteiger partial charge is 0.268 e. The Kier molecular flexibility index (Phi) is 6.40. The minimum Gasteiger partial charge on any atom is -0.342 e. The maximum atomic E-state index is 13.0. The lowest BCUT2D eigenvalue weighted by molar-refractivity contribution is -0.116. The molecular weight excluding hydrogens is 370 g/mol. The van der Waals surface area contributed by atoms with Crippen LogP contribution in [0, 0.1) is 0 Å². The van der Waals surface area contributed by atoms with Crippen molar-refractivity contribution in [2.75, 3.05) is 6.54 Å². The molecule has 1 aliphatic rings. The van der Waals surface area contributed by atoms with E-state index in [1.54, 1.807) is 0 Å². The van der Waals surface area contributed by atoms with Crippen molar-refractivity contribution in [2.45, 2.75) is 51.6 Å². The topological polar surface area (TPSA) is 44.7 Å². The number of nitrogens with one attached hydrogen (secondary N) is 1. The molecule has 0 saturated carbocycles. The standard InChI is InChI=1S/C23H28ClN3O/c1-4-5-14-27-21(17-10-9-13-19(24)15-17)16-20(26-27)22(28)25-23(2,3)18-11-7-6-8-12-18/h6-13,15,21H,4-5,14,16H2,1-3H3,(H,25,28). The van der Waals surface area contributed by atoms with E-state index < -0.39 is 5.54 Å². The Morgan fingerprint density at radius 2 is 1.96 bits per heavy atom. The third kappa shape index (κ3) is 4.74. The highest BCUT2D eigenvalue weighted by Crippen LogP contribution is 2.32. The van der Waals surface area contributed by atoms with Crippen molar-refractivity contribution in [3.05, 3.63) is 70.7 Å². The minimum absolute atomic E-state index is 0.0471. The summed E-state index contributed by atoms with van der Waals surface area (Å²) in [6.45, 7) is 7.01. The summed E-state index contributed by atoms with van der Waals surface area (Å²) in [5, 5.41) is 10.6. The van der Waals surface area contributed by atoms with E-state index in [-0.39, 0.29) is 11.9 Å². The Morgan fingerprint density at radius 3 is 2.64 bits per heavy atom. The van der Waals surface area contributed by atoms with Gasteiger partial charge in [0, 0.05) is 18.0 Å². The van der Waals surface area contributed by atoms with Gasteiger partial charge in [0.25, 0.3) is 5.91 Å². The monoisotopic (exact) mass is 397 g/mol. The molecule has 1 heterocycles. The highest BCUT2D eigenvalue weighted by molar-refractivity contribution is 6.39. The lowest BCUT2D eigenvalue weighted by Gasteiger charge is -2.26. The van der Waals surface area contributed by atoms with Gasteiger partial charge in [0.2, 0.25) is 0 Å². The van der Waals surface area contributed by atoms with Crippen LogP contribution in [0.3, 0.4) is 0 Å². The Hall–Kier alpha value is -2.33. The predicted molar refractivity (Wildman–Crippen MR) is 115 cm³/mol. The Morgan fingerprint density at radius 1 is 1.21 bits per heavy atom. The molecule has 1 N–H and O–H groups in total. The third-order valence-electron chi connectivity index (χ3n) is 5.15. The molecule has 1 amide bonds. The van der Waals surface area contributed by atoms with Gasteiger partial charge in [-0.15, -0.1) is 0 Å². The Bertz CT molecular complexity index is 848. The molecule has 148 valence electrons. The molecule has 2 aromatic rings. The van der Waals surface area contributed by atoms with Crippen molar-refractivity contribution < 1.29 is 4.79 Å². The van der Waals surface area contributed by atoms with E-state index in [1.807, 2.05) is 67.4 Å². The SMILES string of the molecule is CCCCN1N=C(C(=O)NC(C)(C)c2ccccc2)CC1c1cccc(Cl)c1. The largest absolute Gasteiger partial charge is 0.342 e. The molecule has 28 heavy (non-hydrogen) atoms. The van der Waals surface area contributed by atoms with Gasteiger partial charge in [-0.1, -0.05) is 67.4 Å². The number of halogens is 1. The van der Waals surface area contributed by atoms with E-state index >= 15 is 0 Å². The van der Waals surface area contributed by atoms with Gasteiger partial charge in [-0.3, -0.25) is 9.80 Å². The zero-order chi connectivity index (χ0) is 20.1. The van der Waals surface area contributed by atoms with Crippen molar-refractivity contribution in [2.24, 2.45) is 5.10 Å². The van der Waals surface area contributed by atoms with Crippen molar-refractivity contribution >= 4 is 23.2 Å². The van der Waals surface area contributed by atoms with Gasteiger partial charge in [0.05, 0.1) is 11.6 Å². The summed E-state index contributed by atoms with van der Waals surface area (Å²) in [6.07, 6.45) is 2.70. The molecule has 1 aliphatic heterocycles. The van der Waals surface area contributed by atoms with E-state index in [1.165, 1.54) is 0 Å².